The summed E-state index contributed by atoms with van der Waals surface area (Å²) in [6.45, 7) is 4.43. The summed E-state index contributed by atoms with van der Waals surface area (Å²) in [5.41, 5.74) is 0. The Hall–Kier alpha value is -0.970. The van der Waals surface area contributed by atoms with Crippen molar-refractivity contribution in [2.24, 2.45) is 5.92 Å². The second-order valence-corrected chi connectivity index (χ2v) is 6.11. The number of benzene rings is 1. The number of ether oxygens (including phenoxy) is 1. The average molecular weight is 331 g/mol. The molecule has 0 radical (unpaired) electrons. The first-order chi connectivity index (χ1) is 10.1. The van der Waals surface area contributed by atoms with Crippen LogP contribution >= 0.6 is 23.2 Å². The Bertz CT molecular complexity index is 491. The fourth-order valence-corrected chi connectivity index (χ4v) is 2.58. The first kappa shape index (κ1) is 16.4. The Morgan fingerprint density at radius 1 is 1.48 bits per heavy atom. The Labute approximate surface area is 135 Å². The molecule has 1 heterocycles. The molecule has 1 amide bonds. The van der Waals surface area contributed by atoms with Crippen LogP contribution in [0.3, 0.4) is 0 Å². The van der Waals surface area contributed by atoms with E-state index in [4.69, 9.17) is 27.9 Å². The van der Waals surface area contributed by atoms with Gasteiger partial charge in [-0.2, -0.15) is 0 Å². The summed E-state index contributed by atoms with van der Waals surface area (Å²) in [6, 6.07) is 4.96. The van der Waals surface area contributed by atoms with Gasteiger partial charge in [0.15, 0.2) is 6.10 Å². The van der Waals surface area contributed by atoms with E-state index in [0.717, 1.165) is 25.9 Å². The van der Waals surface area contributed by atoms with Gasteiger partial charge in [0.2, 0.25) is 0 Å². The predicted octanol–water partition coefficient (Wildman–Crippen LogP) is 2.88. The lowest BCUT2D eigenvalue weighted by molar-refractivity contribution is -0.127. The second kappa shape index (κ2) is 7.87. The molecule has 0 aliphatic carbocycles. The number of nitrogens with one attached hydrogen (secondary N) is 2. The topological polar surface area (TPSA) is 50.4 Å². The number of carbonyl (C=O) groups excluding carboxylic acids is 1. The molecule has 1 saturated heterocycles. The molecule has 1 aromatic carbocycles. The molecule has 0 bridgehead atoms. The molecule has 2 N–H and O–H groups in total. The van der Waals surface area contributed by atoms with E-state index in [0.29, 0.717) is 28.3 Å². The number of amides is 1. The van der Waals surface area contributed by atoms with Gasteiger partial charge in [-0.25, -0.2) is 0 Å². The van der Waals surface area contributed by atoms with Crippen molar-refractivity contribution in [1.29, 1.82) is 0 Å². The van der Waals surface area contributed by atoms with Crippen molar-refractivity contribution in [3.05, 3.63) is 28.2 Å². The summed E-state index contributed by atoms with van der Waals surface area (Å²) in [6.07, 6.45) is 1.74. The largest absolute Gasteiger partial charge is 0.481 e. The molecule has 0 saturated carbocycles. The molecule has 2 unspecified atom stereocenters. The highest BCUT2D eigenvalue weighted by atomic mass is 35.5. The maximum absolute atomic E-state index is 12.0. The van der Waals surface area contributed by atoms with Crippen LogP contribution in [0.1, 0.15) is 19.8 Å². The molecular weight excluding hydrogens is 311 g/mol. The highest BCUT2D eigenvalue weighted by Gasteiger charge is 2.18. The number of piperidine rings is 1. The van der Waals surface area contributed by atoms with Crippen LogP contribution in [0.5, 0.6) is 5.75 Å². The third kappa shape index (κ3) is 5.06. The minimum atomic E-state index is -0.571. The lowest BCUT2D eigenvalue weighted by Crippen LogP contribution is -2.42. The maximum atomic E-state index is 12.0. The van der Waals surface area contributed by atoms with Crippen LogP contribution in [-0.4, -0.2) is 31.6 Å². The molecule has 1 aliphatic heterocycles. The summed E-state index contributed by atoms with van der Waals surface area (Å²) in [7, 11) is 0. The SMILES string of the molecule is CC(Oc1ccc(Cl)c(Cl)c1)C(=O)NCC1CCCNC1. The monoisotopic (exact) mass is 330 g/mol. The summed E-state index contributed by atoms with van der Waals surface area (Å²) < 4.78 is 5.58. The molecule has 21 heavy (non-hydrogen) atoms. The fourth-order valence-electron chi connectivity index (χ4n) is 2.29. The lowest BCUT2D eigenvalue weighted by Gasteiger charge is -2.23. The van der Waals surface area contributed by atoms with Crippen molar-refractivity contribution >= 4 is 29.1 Å². The lowest BCUT2D eigenvalue weighted by atomic mass is 10.00. The van der Waals surface area contributed by atoms with Gasteiger partial charge in [0, 0.05) is 12.6 Å². The van der Waals surface area contributed by atoms with E-state index in [1.165, 1.54) is 0 Å². The molecule has 1 aliphatic rings. The molecular formula is C15H20Cl2N2O2. The fraction of sp³-hybridized carbons (Fsp3) is 0.533. The summed E-state index contributed by atoms with van der Waals surface area (Å²) in [4.78, 5) is 12.0. The number of carbonyl (C=O) groups is 1. The molecule has 4 nitrogen and oxygen atoms in total. The first-order valence-electron chi connectivity index (χ1n) is 7.16. The van der Waals surface area contributed by atoms with Crippen molar-refractivity contribution < 1.29 is 9.53 Å². The standard InChI is InChI=1S/C15H20Cl2N2O2/c1-10(21-12-4-5-13(16)14(17)7-12)15(20)19-9-11-3-2-6-18-8-11/h4-5,7,10-11,18H,2-3,6,8-9H2,1H3,(H,19,20). The highest BCUT2D eigenvalue weighted by molar-refractivity contribution is 6.42. The van der Waals surface area contributed by atoms with Crippen molar-refractivity contribution in [3.63, 3.8) is 0 Å². The number of rotatable bonds is 5. The van der Waals surface area contributed by atoms with Crippen molar-refractivity contribution in [3.8, 4) is 5.75 Å². The van der Waals surface area contributed by atoms with Crippen LogP contribution in [0.4, 0.5) is 0 Å². The van der Waals surface area contributed by atoms with Gasteiger partial charge in [-0.1, -0.05) is 23.2 Å². The number of hydrogen-bond donors (Lipinski definition) is 2. The number of hydrogen-bond acceptors (Lipinski definition) is 3. The smallest absolute Gasteiger partial charge is 0.260 e. The maximum Gasteiger partial charge on any atom is 0.260 e. The normalized spacial score (nSPS) is 19.9. The summed E-state index contributed by atoms with van der Waals surface area (Å²) >= 11 is 11.8. The van der Waals surface area contributed by atoms with Gasteiger partial charge >= 0.3 is 0 Å². The van der Waals surface area contributed by atoms with Gasteiger partial charge in [0.25, 0.3) is 5.91 Å². The minimum Gasteiger partial charge on any atom is -0.481 e. The molecule has 116 valence electrons. The van der Waals surface area contributed by atoms with Crippen molar-refractivity contribution in [2.45, 2.75) is 25.9 Å². The molecule has 2 atom stereocenters. The van der Waals surface area contributed by atoms with Gasteiger partial charge in [-0.3, -0.25) is 4.79 Å². The zero-order chi connectivity index (χ0) is 15.2. The molecule has 0 spiro atoms. The van der Waals surface area contributed by atoms with E-state index in [1.807, 2.05) is 0 Å². The van der Waals surface area contributed by atoms with E-state index in [-0.39, 0.29) is 5.91 Å². The van der Waals surface area contributed by atoms with Crippen LogP contribution in [0.25, 0.3) is 0 Å². The zero-order valence-electron chi connectivity index (χ0n) is 12.0. The van der Waals surface area contributed by atoms with Gasteiger partial charge < -0.3 is 15.4 Å². The minimum absolute atomic E-state index is 0.119. The molecule has 1 aromatic rings. The average Bonchev–Trinajstić information content (AvgIpc) is 2.49. The Balaban J connectivity index is 1.79. The second-order valence-electron chi connectivity index (χ2n) is 5.29. The van der Waals surface area contributed by atoms with Crippen molar-refractivity contribution in [2.75, 3.05) is 19.6 Å². The molecule has 6 heteroatoms. The third-order valence-electron chi connectivity index (χ3n) is 3.54. The van der Waals surface area contributed by atoms with Crippen LogP contribution in [0, 0.1) is 5.92 Å². The Morgan fingerprint density at radius 2 is 2.29 bits per heavy atom. The van der Waals surface area contributed by atoms with Gasteiger partial charge in [-0.15, -0.1) is 0 Å². The van der Waals surface area contributed by atoms with Crippen LogP contribution in [-0.2, 0) is 4.79 Å². The quantitative estimate of drug-likeness (QED) is 0.872. The van der Waals surface area contributed by atoms with Crippen LogP contribution in [0.2, 0.25) is 10.0 Å². The van der Waals surface area contributed by atoms with E-state index < -0.39 is 6.10 Å². The van der Waals surface area contributed by atoms with Gasteiger partial charge in [0.05, 0.1) is 10.0 Å². The first-order valence-corrected chi connectivity index (χ1v) is 7.92. The van der Waals surface area contributed by atoms with Gasteiger partial charge in [-0.05, 0) is 50.9 Å². The predicted molar refractivity (Wildman–Crippen MR) is 85.2 cm³/mol. The van der Waals surface area contributed by atoms with Gasteiger partial charge in [0.1, 0.15) is 5.75 Å². The van der Waals surface area contributed by atoms with Crippen molar-refractivity contribution in [1.82, 2.24) is 10.6 Å². The summed E-state index contributed by atoms with van der Waals surface area (Å²) in [5, 5.41) is 7.14. The number of halogens is 2. The Kier molecular flexibility index (Phi) is 6.15. The summed E-state index contributed by atoms with van der Waals surface area (Å²) in [5.74, 6) is 0.915. The van der Waals surface area contributed by atoms with E-state index >= 15 is 0 Å². The van der Waals surface area contributed by atoms with E-state index in [1.54, 1.807) is 25.1 Å². The van der Waals surface area contributed by atoms with Crippen LogP contribution in [0.15, 0.2) is 18.2 Å². The van der Waals surface area contributed by atoms with E-state index in [9.17, 15) is 4.79 Å². The molecule has 0 aromatic heterocycles. The zero-order valence-corrected chi connectivity index (χ0v) is 13.5. The van der Waals surface area contributed by atoms with Crippen LogP contribution < -0.4 is 15.4 Å². The van der Waals surface area contributed by atoms with E-state index in [2.05, 4.69) is 10.6 Å². The molecule has 1 fully saturated rings. The third-order valence-corrected chi connectivity index (χ3v) is 4.28. The molecule has 2 rings (SSSR count). The highest BCUT2D eigenvalue weighted by Crippen LogP contribution is 2.26. The Morgan fingerprint density at radius 3 is 2.95 bits per heavy atom.